The first-order chi connectivity index (χ1) is 12.0. The molecule has 2 heterocycles. The van der Waals surface area contributed by atoms with E-state index in [0.717, 1.165) is 0 Å². The minimum atomic E-state index is -0.180. The van der Waals surface area contributed by atoms with Gasteiger partial charge in [0.2, 0.25) is 0 Å². The molecule has 0 N–H and O–H groups in total. The first kappa shape index (κ1) is 17.3. The maximum atomic E-state index is 12.7. The maximum Gasteiger partial charge on any atom is 0.309 e. The third kappa shape index (κ3) is 3.45. The molecule has 0 radical (unpaired) electrons. The standard InChI is InChI=1S/C18H22N2O5/c1-3-24-18(23)12-6-8-20(9-7-12)17(22)13-4-5-15-14(10-13)19(2)16(21)11-25-15/h4-5,10,12H,3,6-9,11H2,1-2H3. The van der Waals surface area contributed by atoms with E-state index in [-0.39, 0.29) is 30.3 Å². The van der Waals surface area contributed by atoms with E-state index in [1.807, 2.05) is 0 Å². The lowest BCUT2D eigenvalue weighted by molar-refractivity contribution is -0.149. The molecule has 25 heavy (non-hydrogen) atoms. The number of amides is 2. The summed E-state index contributed by atoms with van der Waals surface area (Å²) in [6, 6.07) is 5.12. The number of hydrogen-bond acceptors (Lipinski definition) is 5. The number of likely N-dealkylation sites (tertiary alicyclic amines) is 1. The van der Waals surface area contributed by atoms with Crippen molar-refractivity contribution in [2.75, 3.05) is 38.3 Å². The van der Waals surface area contributed by atoms with E-state index in [9.17, 15) is 14.4 Å². The molecular weight excluding hydrogens is 324 g/mol. The summed E-state index contributed by atoms with van der Waals surface area (Å²) in [6.45, 7) is 3.22. The van der Waals surface area contributed by atoms with Gasteiger partial charge in [0.1, 0.15) is 5.75 Å². The molecule has 0 unspecified atom stereocenters. The lowest BCUT2D eigenvalue weighted by Crippen LogP contribution is -2.41. The second kappa shape index (κ2) is 7.13. The van der Waals surface area contributed by atoms with Crippen molar-refractivity contribution in [1.82, 2.24) is 4.90 Å². The SMILES string of the molecule is CCOC(=O)C1CCN(C(=O)c2ccc3c(c2)N(C)C(=O)CO3)CC1. The van der Waals surface area contributed by atoms with Gasteiger partial charge in [0, 0.05) is 25.7 Å². The summed E-state index contributed by atoms with van der Waals surface area (Å²) in [5.74, 6) is 0.0360. The molecule has 1 fully saturated rings. The highest BCUT2D eigenvalue weighted by atomic mass is 16.5. The van der Waals surface area contributed by atoms with E-state index in [4.69, 9.17) is 9.47 Å². The topological polar surface area (TPSA) is 76.2 Å². The van der Waals surface area contributed by atoms with Crippen LogP contribution in [0.3, 0.4) is 0 Å². The molecule has 2 aliphatic heterocycles. The van der Waals surface area contributed by atoms with Crippen molar-refractivity contribution >= 4 is 23.5 Å². The smallest absolute Gasteiger partial charge is 0.309 e. The first-order valence-electron chi connectivity index (χ1n) is 8.50. The van der Waals surface area contributed by atoms with Crippen LogP contribution < -0.4 is 9.64 Å². The third-order valence-electron chi connectivity index (χ3n) is 4.69. The zero-order valence-electron chi connectivity index (χ0n) is 14.5. The predicted molar refractivity (Wildman–Crippen MR) is 90.6 cm³/mol. The van der Waals surface area contributed by atoms with E-state index in [0.29, 0.717) is 49.5 Å². The highest BCUT2D eigenvalue weighted by Gasteiger charge is 2.30. The molecule has 0 saturated carbocycles. The van der Waals surface area contributed by atoms with Crippen LogP contribution in [0.4, 0.5) is 5.69 Å². The summed E-state index contributed by atoms with van der Waals surface area (Å²) in [7, 11) is 1.67. The molecule has 0 spiro atoms. The first-order valence-corrected chi connectivity index (χ1v) is 8.50. The Hall–Kier alpha value is -2.57. The number of anilines is 1. The van der Waals surface area contributed by atoms with Crippen molar-refractivity contribution in [2.24, 2.45) is 5.92 Å². The number of hydrogen-bond donors (Lipinski definition) is 0. The second-order valence-electron chi connectivity index (χ2n) is 6.24. The summed E-state index contributed by atoms with van der Waals surface area (Å²) in [5.41, 5.74) is 1.11. The van der Waals surface area contributed by atoms with Crippen LogP contribution in [0.5, 0.6) is 5.75 Å². The molecule has 0 aliphatic carbocycles. The number of esters is 1. The Morgan fingerprint density at radius 1 is 1.28 bits per heavy atom. The molecular formula is C18H22N2O5. The van der Waals surface area contributed by atoms with Crippen LogP contribution in [0.15, 0.2) is 18.2 Å². The average Bonchev–Trinajstić information content (AvgIpc) is 2.64. The molecule has 0 aromatic heterocycles. The Kier molecular flexibility index (Phi) is 4.92. The second-order valence-corrected chi connectivity index (χ2v) is 6.24. The summed E-state index contributed by atoms with van der Waals surface area (Å²) in [5, 5.41) is 0. The highest BCUT2D eigenvalue weighted by molar-refractivity contribution is 6.01. The van der Waals surface area contributed by atoms with Gasteiger partial charge in [0.05, 0.1) is 18.2 Å². The molecule has 2 amide bonds. The normalized spacial score (nSPS) is 17.8. The number of rotatable bonds is 3. The van der Waals surface area contributed by atoms with Crippen molar-refractivity contribution < 1.29 is 23.9 Å². The molecule has 1 aromatic carbocycles. The molecule has 1 saturated heterocycles. The van der Waals surface area contributed by atoms with Gasteiger partial charge in [-0.3, -0.25) is 14.4 Å². The lowest BCUT2D eigenvalue weighted by atomic mass is 9.96. The van der Waals surface area contributed by atoms with Gasteiger partial charge in [-0.05, 0) is 38.0 Å². The van der Waals surface area contributed by atoms with Crippen molar-refractivity contribution in [1.29, 1.82) is 0 Å². The van der Waals surface area contributed by atoms with Crippen LogP contribution in [-0.4, -0.2) is 56.0 Å². The fraction of sp³-hybridized carbons (Fsp3) is 0.500. The zero-order valence-corrected chi connectivity index (χ0v) is 14.5. The third-order valence-corrected chi connectivity index (χ3v) is 4.69. The monoisotopic (exact) mass is 346 g/mol. The predicted octanol–water partition coefficient (Wildman–Crippen LogP) is 1.46. The van der Waals surface area contributed by atoms with Crippen molar-refractivity contribution in [3.8, 4) is 5.75 Å². The summed E-state index contributed by atoms with van der Waals surface area (Å²) >= 11 is 0. The van der Waals surface area contributed by atoms with E-state index in [1.54, 1.807) is 37.1 Å². The maximum absolute atomic E-state index is 12.7. The number of likely N-dealkylation sites (N-methyl/N-ethyl adjacent to an activating group) is 1. The number of carbonyl (C=O) groups is 3. The summed E-state index contributed by atoms with van der Waals surface area (Å²) in [6.07, 6.45) is 1.22. The molecule has 7 heteroatoms. The largest absolute Gasteiger partial charge is 0.482 e. The molecule has 0 bridgehead atoms. The van der Waals surface area contributed by atoms with Crippen molar-refractivity contribution in [2.45, 2.75) is 19.8 Å². The van der Waals surface area contributed by atoms with Crippen LogP contribution >= 0.6 is 0 Å². The number of benzene rings is 1. The number of carbonyl (C=O) groups excluding carboxylic acids is 3. The van der Waals surface area contributed by atoms with Gasteiger partial charge in [-0.15, -0.1) is 0 Å². The molecule has 3 rings (SSSR count). The van der Waals surface area contributed by atoms with Crippen LogP contribution in [0, 0.1) is 5.92 Å². The minimum Gasteiger partial charge on any atom is -0.482 e. The van der Waals surface area contributed by atoms with Crippen LogP contribution in [0.2, 0.25) is 0 Å². The fourth-order valence-corrected chi connectivity index (χ4v) is 3.17. The number of fused-ring (bicyclic) bond motifs is 1. The van der Waals surface area contributed by atoms with Crippen molar-refractivity contribution in [3.05, 3.63) is 23.8 Å². The Balaban J connectivity index is 1.68. The molecule has 0 atom stereocenters. The zero-order chi connectivity index (χ0) is 18.0. The Morgan fingerprint density at radius 3 is 2.68 bits per heavy atom. The van der Waals surface area contributed by atoms with Crippen LogP contribution in [0.1, 0.15) is 30.1 Å². The summed E-state index contributed by atoms with van der Waals surface area (Å²) < 4.78 is 10.4. The van der Waals surface area contributed by atoms with E-state index >= 15 is 0 Å². The Bertz CT molecular complexity index is 695. The number of ether oxygens (including phenoxy) is 2. The number of piperidine rings is 1. The van der Waals surface area contributed by atoms with Gasteiger partial charge in [-0.25, -0.2) is 0 Å². The van der Waals surface area contributed by atoms with Gasteiger partial charge in [-0.1, -0.05) is 0 Å². The van der Waals surface area contributed by atoms with Gasteiger partial charge < -0.3 is 19.3 Å². The molecule has 2 aliphatic rings. The fourth-order valence-electron chi connectivity index (χ4n) is 3.17. The average molecular weight is 346 g/mol. The van der Waals surface area contributed by atoms with Crippen LogP contribution in [-0.2, 0) is 14.3 Å². The quantitative estimate of drug-likeness (QED) is 0.775. The van der Waals surface area contributed by atoms with E-state index in [1.165, 1.54) is 4.90 Å². The Labute approximate surface area is 146 Å². The number of nitrogens with zero attached hydrogens (tertiary/aromatic N) is 2. The van der Waals surface area contributed by atoms with E-state index < -0.39 is 0 Å². The van der Waals surface area contributed by atoms with Crippen molar-refractivity contribution in [3.63, 3.8) is 0 Å². The molecule has 134 valence electrons. The van der Waals surface area contributed by atoms with Gasteiger partial charge in [0.15, 0.2) is 6.61 Å². The van der Waals surface area contributed by atoms with Crippen LogP contribution in [0.25, 0.3) is 0 Å². The van der Waals surface area contributed by atoms with E-state index in [2.05, 4.69) is 0 Å². The highest BCUT2D eigenvalue weighted by Crippen LogP contribution is 2.32. The molecule has 1 aromatic rings. The lowest BCUT2D eigenvalue weighted by Gasteiger charge is -2.31. The van der Waals surface area contributed by atoms with Gasteiger partial charge >= 0.3 is 5.97 Å². The van der Waals surface area contributed by atoms with Gasteiger partial charge in [-0.2, -0.15) is 0 Å². The summed E-state index contributed by atoms with van der Waals surface area (Å²) in [4.78, 5) is 39.5. The van der Waals surface area contributed by atoms with Gasteiger partial charge in [0.25, 0.3) is 11.8 Å². The minimum absolute atomic E-state index is 0.0121. The molecule has 7 nitrogen and oxygen atoms in total. The Morgan fingerprint density at radius 2 is 2.00 bits per heavy atom.